The Morgan fingerprint density at radius 2 is 1.94 bits per heavy atom. The summed E-state index contributed by atoms with van der Waals surface area (Å²) in [7, 11) is 0. The molecule has 2 rings (SSSR count). The molecule has 0 aliphatic rings. The van der Waals surface area contributed by atoms with Gasteiger partial charge in [0, 0.05) is 15.0 Å². The molecule has 16 heavy (non-hydrogen) atoms. The van der Waals surface area contributed by atoms with Gasteiger partial charge in [0.15, 0.2) is 6.29 Å². The highest BCUT2D eigenvalue weighted by atomic mass is 32.2. The zero-order valence-electron chi connectivity index (χ0n) is 7.75. The average Bonchev–Trinajstić information content (AvgIpc) is 2.55. The fourth-order valence-electron chi connectivity index (χ4n) is 1.34. The maximum absolute atomic E-state index is 12.3. The predicted octanol–water partition coefficient (Wildman–Crippen LogP) is 4.33. The van der Waals surface area contributed by atoms with Crippen molar-refractivity contribution in [2.75, 3.05) is 0 Å². The molecule has 6 heteroatoms. The lowest BCUT2D eigenvalue weighted by Gasteiger charge is -2.04. The topological polar surface area (TPSA) is 17.1 Å². The molecule has 0 spiro atoms. The molecule has 0 saturated heterocycles. The quantitative estimate of drug-likeness (QED) is 0.592. The van der Waals surface area contributed by atoms with E-state index in [1.165, 1.54) is 0 Å². The van der Waals surface area contributed by atoms with Gasteiger partial charge in [-0.2, -0.15) is 13.2 Å². The van der Waals surface area contributed by atoms with Gasteiger partial charge in [-0.1, -0.05) is 18.2 Å². The summed E-state index contributed by atoms with van der Waals surface area (Å²) in [6, 6.07) is 6.68. The number of fused-ring (bicyclic) bond motifs is 1. The van der Waals surface area contributed by atoms with Crippen molar-refractivity contribution in [2.45, 2.75) is 10.4 Å². The molecule has 0 atom stereocenters. The molecule has 0 fully saturated rings. The number of hydrogen-bond donors (Lipinski definition) is 0. The molecule has 0 radical (unpaired) electrons. The van der Waals surface area contributed by atoms with Crippen molar-refractivity contribution < 1.29 is 18.0 Å². The van der Waals surface area contributed by atoms with Crippen LogP contribution >= 0.6 is 23.1 Å². The van der Waals surface area contributed by atoms with Crippen LogP contribution in [0.1, 0.15) is 9.67 Å². The summed E-state index contributed by atoms with van der Waals surface area (Å²) in [5, 5.41) is 0.483. The molecule has 1 aromatic carbocycles. The number of carbonyl (C=O) groups is 1. The first-order valence-corrected chi connectivity index (χ1v) is 5.87. The predicted molar refractivity (Wildman–Crippen MR) is 59.1 cm³/mol. The molecule has 0 unspecified atom stereocenters. The Balaban J connectivity index is 2.60. The Kier molecular flexibility index (Phi) is 2.94. The van der Waals surface area contributed by atoms with Gasteiger partial charge in [0.1, 0.15) is 0 Å². The van der Waals surface area contributed by atoms with E-state index in [1.54, 1.807) is 24.3 Å². The number of halogens is 3. The van der Waals surface area contributed by atoms with Crippen molar-refractivity contribution in [2.24, 2.45) is 0 Å². The first kappa shape index (κ1) is 11.5. The van der Waals surface area contributed by atoms with Crippen molar-refractivity contribution in [1.82, 2.24) is 0 Å². The number of rotatable bonds is 2. The largest absolute Gasteiger partial charge is 0.446 e. The molecule has 1 nitrogen and oxygen atoms in total. The van der Waals surface area contributed by atoms with E-state index in [9.17, 15) is 18.0 Å². The van der Waals surface area contributed by atoms with Crippen molar-refractivity contribution in [3.63, 3.8) is 0 Å². The van der Waals surface area contributed by atoms with Crippen LogP contribution < -0.4 is 0 Å². The summed E-state index contributed by atoms with van der Waals surface area (Å²) < 4.78 is 37.6. The second-order valence-corrected chi connectivity index (χ2v) is 5.12. The molecule has 0 aliphatic carbocycles. The van der Waals surface area contributed by atoms with E-state index in [-0.39, 0.29) is 21.5 Å². The monoisotopic (exact) mass is 262 g/mol. The van der Waals surface area contributed by atoms with Gasteiger partial charge in [0.25, 0.3) is 0 Å². The highest BCUT2D eigenvalue weighted by Crippen LogP contribution is 2.44. The van der Waals surface area contributed by atoms with Gasteiger partial charge in [0.05, 0.1) is 4.88 Å². The van der Waals surface area contributed by atoms with Gasteiger partial charge in [-0.3, -0.25) is 4.79 Å². The number of thiophene rings is 1. The first-order valence-electron chi connectivity index (χ1n) is 4.24. The van der Waals surface area contributed by atoms with Crippen LogP contribution in [0.4, 0.5) is 13.2 Å². The third-order valence-corrected chi connectivity index (χ3v) is 4.00. The van der Waals surface area contributed by atoms with E-state index in [1.807, 2.05) is 0 Å². The van der Waals surface area contributed by atoms with Crippen LogP contribution in [-0.2, 0) is 0 Å². The number of carbonyl (C=O) groups excluding carboxylic acids is 1. The number of alkyl halides is 3. The van der Waals surface area contributed by atoms with Crippen LogP contribution in [0.15, 0.2) is 29.2 Å². The van der Waals surface area contributed by atoms with Crippen LogP contribution in [0.5, 0.6) is 0 Å². The normalized spacial score (nSPS) is 11.9. The molecule has 0 N–H and O–H groups in total. The van der Waals surface area contributed by atoms with Gasteiger partial charge in [-0.25, -0.2) is 0 Å². The van der Waals surface area contributed by atoms with E-state index in [0.29, 0.717) is 16.4 Å². The molecule has 0 saturated carbocycles. The Hall–Kier alpha value is -1.01. The van der Waals surface area contributed by atoms with Crippen LogP contribution in [0.3, 0.4) is 0 Å². The highest BCUT2D eigenvalue weighted by molar-refractivity contribution is 8.00. The third-order valence-electron chi connectivity index (χ3n) is 1.90. The molecular formula is C10H5F3OS2. The highest BCUT2D eigenvalue weighted by Gasteiger charge is 2.32. The van der Waals surface area contributed by atoms with Gasteiger partial charge in [-0.05, 0) is 17.8 Å². The van der Waals surface area contributed by atoms with E-state index >= 15 is 0 Å². The van der Waals surface area contributed by atoms with Gasteiger partial charge in [0.2, 0.25) is 0 Å². The number of aldehydes is 1. The van der Waals surface area contributed by atoms with Gasteiger partial charge in [-0.15, -0.1) is 11.3 Å². The minimum absolute atomic E-state index is 0.00287. The summed E-state index contributed by atoms with van der Waals surface area (Å²) in [4.78, 5) is 10.8. The second kappa shape index (κ2) is 4.10. The second-order valence-electron chi connectivity index (χ2n) is 2.96. The summed E-state index contributed by atoms with van der Waals surface area (Å²) >= 11 is 0.843. The van der Waals surface area contributed by atoms with E-state index in [2.05, 4.69) is 0 Å². The van der Waals surface area contributed by atoms with Gasteiger partial charge >= 0.3 is 5.51 Å². The van der Waals surface area contributed by atoms with Crippen LogP contribution in [0.2, 0.25) is 0 Å². The molecule has 84 valence electrons. The maximum Gasteiger partial charge on any atom is 0.446 e. The lowest BCUT2D eigenvalue weighted by Crippen LogP contribution is -1.99. The zero-order chi connectivity index (χ0) is 11.8. The summed E-state index contributed by atoms with van der Waals surface area (Å²) in [6.07, 6.45) is 0.471. The van der Waals surface area contributed by atoms with Crippen molar-refractivity contribution >= 4 is 39.5 Å². The molecule has 0 bridgehead atoms. The van der Waals surface area contributed by atoms with E-state index in [4.69, 9.17) is 0 Å². The minimum Gasteiger partial charge on any atom is -0.297 e. The average molecular weight is 262 g/mol. The minimum atomic E-state index is -4.37. The van der Waals surface area contributed by atoms with Crippen LogP contribution in [-0.4, -0.2) is 11.8 Å². The summed E-state index contributed by atoms with van der Waals surface area (Å²) in [5.41, 5.74) is -4.37. The molecule has 1 heterocycles. The number of hydrogen-bond acceptors (Lipinski definition) is 3. The van der Waals surface area contributed by atoms with E-state index < -0.39 is 5.51 Å². The fraction of sp³-hybridized carbons (Fsp3) is 0.100. The van der Waals surface area contributed by atoms with Crippen LogP contribution in [0.25, 0.3) is 10.1 Å². The molecule has 0 aliphatic heterocycles. The number of benzene rings is 1. The van der Waals surface area contributed by atoms with Crippen molar-refractivity contribution in [3.8, 4) is 0 Å². The zero-order valence-corrected chi connectivity index (χ0v) is 9.38. The molecule has 2 aromatic rings. The van der Waals surface area contributed by atoms with Crippen molar-refractivity contribution in [1.29, 1.82) is 0 Å². The Bertz CT molecular complexity index is 530. The molecular weight excluding hydrogens is 257 g/mol. The fourth-order valence-corrected chi connectivity index (χ4v) is 3.24. The van der Waals surface area contributed by atoms with Crippen molar-refractivity contribution in [3.05, 3.63) is 29.1 Å². The molecule has 0 amide bonds. The third kappa shape index (κ3) is 2.22. The summed E-state index contributed by atoms with van der Waals surface area (Å²) in [5.74, 6) is 0. The Morgan fingerprint density at radius 3 is 2.56 bits per heavy atom. The Morgan fingerprint density at radius 1 is 1.25 bits per heavy atom. The lowest BCUT2D eigenvalue weighted by atomic mass is 10.2. The first-order chi connectivity index (χ1) is 7.51. The summed E-state index contributed by atoms with van der Waals surface area (Å²) in [6.45, 7) is 0. The molecule has 1 aromatic heterocycles. The van der Waals surface area contributed by atoms with Crippen LogP contribution in [0, 0.1) is 0 Å². The smallest absolute Gasteiger partial charge is 0.297 e. The Labute approximate surface area is 97.3 Å². The standard InChI is InChI=1S/C10H5F3OS2/c11-10(12,13)16-9-6-3-1-2-4-7(6)15-8(9)5-14/h1-5H. The SMILES string of the molecule is O=Cc1sc2ccccc2c1SC(F)(F)F. The van der Waals surface area contributed by atoms with Gasteiger partial charge < -0.3 is 0 Å². The number of thioether (sulfide) groups is 1. The maximum atomic E-state index is 12.3. The lowest BCUT2D eigenvalue weighted by molar-refractivity contribution is -0.0327. The van der Waals surface area contributed by atoms with E-state index in [0.717, 1.165) is 11.3 Å².